The van der Waals surface area contributed by atoms with Crippen LogP contribution in [0.15, 0.2) is 0 Å². The van der Waals surface area contributed by atoms with E-state index < -0.39 is 0 Å². The van der Waals surface area contributed by atoms with Crippen LogP contribution < -0.4 is 5.32 Å². The highest BCUT2D eigenvalue weighted by Gasteiger charge is 2.29. The first kappa shape index (κ1) is 20.1. The van der Waals surface area contributed by atoms with Crippen LogP contribution in [0.25, 0.3) is 0 Å². The zero-order valence-corrected chi connectivity index (χ0v) is 15.0. The Labute approximate surface area is 135 Å². The van der Waals surface area contributed by atoms with Gasteiger partial charge in [-0.1, -0.05) is 20.8 Å². The van der Waals surface area contributed by atoms with Crippen molar-refractivity contribution in [1.82, 2.24) is 10.2 Å². The summed E-state index contributed by atoms with van der Waals surface area (Å²) in [5, 5.41) is 3.37. The molecule has 1 aliphatic rings. The van der Waals surface area contributed by atoms with Crippen molar-refractivity contribution in [2.24, 2.45) is 11.8 Å². The fourth-order valence-corrected chi connectivity index (χ4v) is 3.73. The minimum absolute atomic E-state index is 0. The predicted octanol–water partition coefficient (Wildman–Crippen LogP) is 3.03. The number of nitrogens with zero attached hydrogens (tertiary/aromatic N) is 1. The van der Waals surface area contributed by atoms with Gasteiger partial charge in [0.15, 0.2) is 0 Å². The molecule has 0 bridgehead atoms. The Morgan fingerprint density at radius 2 is 1.95 bits per heavy atom. The lowest BCUT2D eigenvalue weighted by Crippen LogP contribution is -2.44. The highest BCUT2D eigenvalue weighted by molar-refractivity contribution is 8.00. The van der Waals surface area contributed by atoms with Crippen molar-refractivity contribution < 1.29 is 4.79 Å². The highest BCUT2D eigenvalue weighted by atomic mass is 35.5. The summed E-state index contributed by atoms with van der Waals surface area (Å²) in [5.41, 5.74) is 0. The molecule has 3 nitrogen and oxygen atoms in total. The van der Waals surface area contributed by atoms with Crippen LogP contribution in [0, 0.1) is 11.8 Å². The lowest BCUT2D eigenvalue weighted by Gasteiger charge is -2.35. The summed E-state index contributed by atoms with van der Waals surface area (Å²) in [5.74, 6) is 2.62. The molecule has 20 heavy (non-hydrogen) atoms. The fourth-order valence-electron chi connectivity index (χ4n) is 2.70. The smallest absolute Gasteiger partial charge is 0.235 e. The van der Waals surface area contributed by atoms with Crippen molar-refractivity contribution in [3.8, 4) is 0 Å². The van der Waals surface area contributed by atoms with Crippen LogP contribution in [0.3, 0.4) is 0 Å². The second-order valence-corrected chi connectivity index (χ2v) is 7.20. The standard InChI is InChI=1S/C15H30N2OS.ClH/c1-5-19-14(12(2)3)15(18)17-10-7-13(8-11-17)6-9-16-4;/h12-14,16H,5-11H2,1-4H3;1H. The van der Waals surface area contributed by atoms with Gasteiger partial charge >= 0.3 is 0 Å². The molecule has 5 heteroatoms. The normalized spacial score (nSPS) is 17.9. The van der Waals surface area contributed by atoms with Crippen molar-refractivity contribution in [3.05, 3.63) is 0 Å². The maximum absolute atomic E-state index is 12.5. The molecule has 0 spiro atoms. The maximum atomic E-state index is 12.5. The third-order valence-corrected chi connectivity index (χ3v) is 5.36. The number of carbonyl (C=O) groups is 1. The summed E-state index contributed by atoms with van der Waals surface area (Å²) < 4.78 is 0. The Kier molecular flexibility index (Phi) is 10.8. The number of piperidine rings is 1. The predicted molar refractivity (Wildman–Crippen MR) is 91.9 cm³/mol. The summed E-state index contributed by atoms with van der Waals surface area (Å²) in [6.45, 7) is 9.47. The Morgan fingerprint density at radius 1 is 1.35 bits per heavy atom. The average molecular weight is 323 g/mol. The van der Waals surface area contributed by atoms with Crippen molar-refractivity contribution >= 4 is 30.1 Å². The van der Waals surface area contributed by atoms with Gasteiger partial charge in [0.25, 0.3) is 0 Å². The lowest BCUT2D eigenvalue weighted by molar-refractivity contribution is -0.132. The molecule has 120 valence electrons. The fraction of sp³-hybridized carbons (Fsp3) is 0.933. The average Bonchev–Trinajstić information content (AvgIpc) is 2.42. The largest absolute Gasteiger partial charge is 0.342 e. The van der Waals surface area contributed by atoms with E-state index in [9.17, 15) is 4.79 Å². The minimum Gasteiger partial charge on any atom is -0.342 e. The summed E-state index contributed by atoms with van der Waals surface area (Å²) in [7, 11) is 2.01. The molecule has 1 N–H and O–H groups in total. The van der Waals surface area contributed by atoms with E-state index in [4.69, 9.17) is 0 Å². The summed E-state index contributed by atoms with van der Waals surface area (Å²) in [6.07, 6.45) is 3.60. The number of likely N-dealkylation sites (tertiary alicyclic amines) is 1. The number of carbonyl (C=O) groups excluding carboxylic acids is 1. The molecule has 0 aromatic heterocycles. The monoisotopic (exact) mass is 322 g/mol. The van der Waals surface area contributed by atoms with E-state index >= 15 is 0 Å². The Bertz CT molecular complexity index is 269. The van der Waals surface area contributed by atoms with E-state index in [1.807, 2.05) is 7.05 Å². The maximum Gasteiger partial charge on any atom is 0.235 e. The molecule has 0 aromatic rings. The Balaban J connectivity index is 0.00000361. The molecule has 0 radical (unpaired) electrons. The number of nitrogens with one attached hydrogen (secondary N) is 1. The van der Waals surface area contributed by atoms with Gasteiger partial charge in [0.05, 0.1) is 5.25 Å². The van der Waals surface area contributed by atoms with Crippen molar-refractivity contribution in [1.29, 1.82) is 0 Å². The molecule has 0 aliphatic carbocycles. The zero-order chi connectivity index (χ0) is 14.3. The molecular formula is C15H31ClN2OS. The highest BCUT2D eigenvalue weighted by Crippen LogP contribution is 2.25. The van der Waals surface area contributed by atoms with E-state index in [2.05, 4.69) is 31.0 Å². The molecule has 1 rings (SSSR count). The second-order valence-electron chi connectivity index (χ2n) is 5.78. The summed E-state index contributed by atoms with van der Waals surface area (Å²) >= 11 is 1.80. The third kappa shape index (κ3) is 6.23. The van der Waals surface area contributed by atoms with E-state index in [0.717, 1.165) is 31.3 Å². The molecule has 1 heterocycles. The quantitative estimate of drug-likeness (QED) is 0.782. The van der Waals surface area contributed by atoms with E-state index in [1.165, 1.54) is 19.3 Å². The SMILES string of the molecule is CCSC(C(=O)N1CCC(CCNC)CC1)C(C)C.Cl. The molecule has 1 atom stereocenters. The zero-order valence-electron chi connectivity index (χ0n) is 13.4. The van der Waals surface area contributed by atoms with Crippen LogP contribution in [-0.2, 0) is 4.79 Å². The van der Waals surface area contributed by atoms with Crippen LogP contribution in [0.5, 0.6) is 0 Å². The molecule has 1 amide bonds. The van der Waals surface area contributed by atoms with Crippen molar-refractivity contribution in [2.45, 2.75) is 45.3 Å². The summed E-state index contributed by atoms with van der Waals surface area (Å²) in [4.78, 5) is 14.6. The van der Waals surface area contributed by atoms with E-state index in [0.29, 0.717) is 11.8 Å². The summed E-state index contributed by atoms with van der Waals surface area (Å²) in [6, 6.07) is 0. The number of thioether (sulfide) groups is 1. The van der Waals surface area contributed by atoms with Crippen LogP contribution in [0.1, 0.15) is 40.0 Å². The van der Waals surface area contributed by atoms with Crippen LogP contribution in [0.2, 0.25) is 0 Å². The minimum atomic E-state index is 0. The van der Waals surface area contributed by atoms with Gasteiger partial charge in [-0.25, -0.2) is 0 Å². The van der Waals surface area contributed by atoms with Crippen molar-refractivity contribution in [3.63, 3.8) is 0 Å². The van der Waals surface area contributed by atoms with Gasteiger partial charge in [0, 0.05) is 13.1 Å². The van der Waals surface area contributed by atoms with Gasteiger partial charge in [0.2, 0.25) is 5.91 Å². The first-order chi connectivity index (χ1) is 9.10. The van der Waals surface area contributed by atoms with Gasteiger partial charge in [-0.2, -0.15) is 0 Å². The second kappa shape index (κ2) is 10.7. The molecular weight excluding hydrogens is 292 g/mol. The molecule has 1 aliphatic heterocycles. The van der Waals surface area contributed by atoms with Crippen LogP contribution in [0.4, 0.5) is 0 Å². The number of hydrogen-bond donors (Lipinski definition) is 1. The Morgan fingerprint density at radius 3 is 2.40 bits per heavy atom. The Hall–Kier alpha value is 0.0700. The molecule has 0 saturated carbocycles. The number of rotatable bonds is 7. The molecule has 1 unspecified atom stereocenters. The number of hydrogen-bond acceptors (Lipinski definition) is 3. The van der Waals surface area contributed by atoms with Gasteiger partial charge < -0.3 is 10.2 Å². The van der Waals surface area contributed by atoms with Gasteiger partial charge in [-0.3, -0.25) is 4.79 Å². The van der Waals surface area contributed by atoms with Gasteiger partial charge in [0.1, 0.15) is 0 Å². The first-order valence-corrected chi connectivity index (χ1v) is 8.70. The molecule has 1 fully saturated rings. The molecule has 1 saturated heterocycles. The van der Waals surface area contributed by atoms with E-state index in [-0.39, 0.29) is 17.7 Å². The topological polar surface area (TPSA) is 32.3 Å². The van der Waals surface area contributed by atoms with Crippen LogP contribution >= 0.6 is 24.2 Å². The number of amides is 1. The first-order valence-electron chi connectivity index (χ1n) is 7.65. The molecule has 0 aromatic carbocycles. The van der Waals surface area contributed by atoms with Gasteiger partial charge in [-0.05, 0) is 50.4 Å². The van der Waals surface area contributed by atoms with Crippen LogP contribution in [-0.4, -0.2) is 48.5 Å². The lowest BCUT2D eigenvalue weighted by atomic mass is 9.93. The number of halogens is 1. The van der Waals surface area contributed by atoms with Gasteiger partial charge in [-0.15, -0.1) is 24.2 Å². The van der Waals surface area contributed by atoms with Crippen molar-refractivity contribution in [2.75, 3.05) is 32.4 Å². The third-order valence-electron chi connectivity index (χ3n) is 3.92. The van der Waals surface area contributed by atoms with E-state index in [1.54, 1.807) is 11.8 Å².